The Balaban J connectivity index is 2.23. The van der Waals surface area contributed by atoms with Crippen molar-refractivity contribution in [2.24, 2.45) is 23.3 Å². The zero-order valence-electron chi connectivity index (χ0n) is 6.55. The van der Waals surface area contributed by atoms with E-state index in [2.05, 4.69) is 0 Å². The predicted molar refractivity (Wildman–Crippen MR) is 41.6 cm³/mol. The lowest BCUT2D eigenvalue weighted by atomic mass is 9.81. The van der Waals surface area contributed by atoms with Crippen molar-refractivity contribution >= 4 is 5.91 Å². The number of hydrogen-bond donors (Lipinski definition) is 2. The minimum Gasteiger partial charge on any atom is -0.368 e. The number of primary amides is 1. The van der Waals surface area contributed by atoms with Crippen molar-refractivity contribution in [2.45, 2.75) is 31.2 Å². The van der Waals surface area contributed by atoms with Crippen molar-refractivity contribution in [2.75, 3.05) is 0 Å². The van der Waals surface area contributed by atoms with Gasteiger partial charge in [-0.2, -0.15) is 0 Å². The minimum atomic E-state index is -0.650. The molecule has 0 spiro atoms. The van der Waals surface area contributed by atoms with Gasteiger partial charge in [-0.3, -0.25) is 4.79 Å². The van der Waals surface area contributed by atoms with Gasteiger partial charge < -0.3 is 11.5 Å². The lowest BCUT2D eigenvalue weighted by molar-refractivity contribution is -0.124. The maximum atomic E-state index is 11.0. The SMILES string of the molecule is NC(=O)[C@]1(N)C[C@H]2CC[C@@H]1C2. The molecule has 2 aliphatic rings. The van der Waals surface area contributed by atoms with E-state index in [0.717, 1.165) is 19.3 Å². The molecular formula is C8H14N2O. The van der Waals surface area contributed by atoms with Crippen LogP contribution in [0.25, 0.3) is 0 Å². The Morgan fingerprint density at radius 1 is 1.45 bits per heavy atom. The molecule has 11 heavy (non-hydrogen) atoms. The van der Waals surface area contributed by atoms with Crippen molar-refractivity contribution in [3.05, 3.63) is 0 Å². The summed E-state index contributed by atoms with van der Waals surface area (Å²) in [6, 6.07) is 0. The summed E-state index contributed by atoms with van der Waals surface area (Å²) in [5.74, 6) is 0.757. The first-order chi connectivity index (χ1) is 5.13. The lowest BCUT2D eigenvalue weighted by Gasteiger charge is -2.29. The number of rotatable bonds is 1. The monoisotopic (exact) mass is 154 g/mol. The fourth-order valence-electron chi connectivity index (χ4n) is 2.67. The fourth-order valence-corrected chi connectivity index (χ4v) is 2.67. The van der Waals surface area contributed by atoms with E-state index in [1.54, 1.807) is 0 Å². The summed E-state index contributed by atoms with van der Waals surface area (Å²) in [6.07, 6.45) is 4.30. The highest BCUT2D eigenvalue weighted by Crippen LogP contribution is 2.49. The minimum absolute atomic E-state index is 0.301. The quantitative estimate of drug-likeness (QED) is 0.557. The highest BCUT2D eigenvalue weighted by Gasteiger charge is 2.52. The van der Waals surface area contributed by atoms with E-state index in [9.17, 15) is 4.79 Å². The maximum absolute atomic E-state index is 11.0. The summed E-state index contributed by atoms with van der Waals surface area (Å²) in [7, 11) is 0. The smallest absolute Gasteiger partial charge is 0.237 e. The van der Waals surface area contributed by atoms with Crippen molar-refractivity contribution in [1.29, 1.82) is 0 Å². The molecule has 2 rings (SSSR count). The summed E-state index contributed by atoms with van der Waals surface area (Å²) < 4.78 is 0. The van der Waals surface area contributed by atoms with Crippen LogP contribution in [0.5, 0.6) is 0 Å². The second kappa shape index (κ2) is 1.97. The van der Waals surface area contributed by atoms with Gasteiger partial charge in [-0.1, -0.05) is 6.42 Å². The molecule has 3 atom stereocenters. The number of hydrogen-bond acceptors (Lipinski definition) is 2. The zero-order valence-corrected chi connectivity index (χ0v) is 6.55. The van der Waals surface area contributed by atoms with Gasteiger partial charge in [-0.15, -0.1) is 0 Å². The second-order valence-electron chi connectivity index (χ2n) is 3.98. The summed E-state index contributed by atoms with van der Waals surface area (Å²) in [6.45, 7) is 0. The van der Waals surface area contributed by atoms with E-state index in [1.807, 2.05) is 0 Å². The van der Waals surface area contributed by atoms with Gasteiger partial charge in [-0.05, 0) is 31.1 Å². The molecule has 0 aliphatic heterocycles. The summed E-state index contributed by atoms with van der Waals surface area (Å²) in [4.78, 5) is 11.0. The molecule has 0 aromatic carbocycles. The number of amides is 1. The summed E-state index contributed by atoms with van der Waals surface area (Å²) >= 11 is 0. The van der Waals surface area contributed by atoms with E-state index < -0.39 is 5.54 Å². The molecule has 3 heteroatoms. The van der Waals surface area contributed by atoms with Crippen LogP contribution in [0.3, 0.4) is 0 Å². The van der Waals surface area contributed by atoms with Crippen LogP contribution < -0.4 is 11.5 Å². The van der Waals surface area contributed by atoms with Gasteiger partial charge in [0.15, 0.2) is 0 Å². The van der Waals surface area contributed by atoms with Crippen LogP contribution in [0.15, 0.2) is 0 Å². The maximum Gasteiger partial charge on any atom is 0.237 e. The van der Waals surface area contributed by atoms with Crippen molar-refractivity contribution in [1.82, 2.24) is 0 Å². The van der Waals surface area contributed by atoms with Gasteiger partial charge in [0.1, 0.15) is 0 Å². The molecule has 3 nitrogen and oxygen atoms in total. The molecule has 1 amide bonds. The first-order valence-electron chi connectivity index (χ1n) is 4.21. The standard InChI is InChI=1S/C8H14N2O/c9-7(11)8(10)4-5-1-2-6(8)3-5/h5-6H,1-4,10H2,(H2,9,11)/t5-,6+,8-/m0/s1. The molecule has 0 aromatic heterocycles. The zero-order chi connectivity index (χ0) is 8.06. The number of carbonyl (C=O) groups excluding carboxylic acids is 1. The van der Waals surface area contributed by atoms with Crippen LogP contribution >= 0.6 is 0 Å². The van der Waals surface area contributed by atoms with Crippen LogP contribution in [0, 0.1) is 11.8 Å². The Morgan fingerprint density at radius 2 is 2.18 bits per heavy atom. The van der Waals surface area contributed by atoms with Crippen molar-refractivity contribution < 1.29 is 4.79 Å². The Bertz CT molecular complexity index is 204. The van der Waals surface area contributed by atoms with Crippen molar-refractivity contribution in [3.8, 4) is 0 Å². The third kappa shape index (κ3) is 0.805. The molecule has 2 aliphatic carbocycles. The van der Waals surface area contributed by atoms with Crippen LogP contribution in [0.1, 0.15) is 25.7 Å². The molecule has 0 unspecified atom stereocenters. The Hall–Kier alpha value is -0.570. The first-order valence-corrected chi connectivity index (χ1v) is 4.21. The molecule has 4 N–H and O–H groups in total. The Labute approximate surface area is 66.1 Å². The molecular weight excluding hydrogens is 140 g/mol. The van der Waals surface area contributed by atoms with E-state index in [4.69, 9.17) is 11.5 Å². The fraction of sp³-hybridized carbons (Fsp3) is 0.875. The normalized spacial score (nSPS) is 48.1. The largest absolute Gasteiger partial charge is 0.368 e. The Kier molecular flexibility index (Phi) is 1.27. The highest BCUT2D eigenvalue weighted by molar-refractivity contribution is 5.85. The molecule has 0 heterocycles. The van der Waals surface area contributed by atoms with Crippen LogP contribution in [-0.4, -0.2) is 11.4 Å². The van der Waals surface area contributed by atoms with Crippen LogP contribution in [-0.2, 0) is 4.79 Å². The average molecular weight is 154 g/mol. The van der Waals surface area contributed by atoms with Gasteiger partial charge in [0.25, 0.3) is 0 Å². The van der Waals surface area contributed by atoms with E-state index in [0.29, 0.717) is 11.8 Å². The molecule has 0 aromatic rings. The van der Waals surface area contributed by atoms with Gasteiger partial charge >= 0.3 is 0 Å². The summed E-state index contributed by atoms with van der Waals surface area (Å²) in [5.41, 5.74) is 10.5. The predicted octanol–water partition coefficient (Wildman–Crippen LogP) is -0.0108. The molecule has 2 bridgehead atoms. The number of carbonyl (C=O) groups is 1. The molecule has 62 valence electrons. The van der Waals surface area contributed by atoms with Gasteiger partial charge in [0.05, 0.1) is 5.54 Å². The molecule has 2 saturated carbocycles. The van der Waals surface area contributed by atoms with Crippen LogP contribution in [0.4, 0.5) is 0 Å². The van der Waals surface area contributed by atoms with Gasteiger partial charge in [0.2, 0.25) is 5.91 Å². The average Bonchev–Trinajstić information content (AvgIpc) is 2.45. The van der Waals surface area contributed by atoms with Crippen molar-refractivity contribution in [3.63, 3.8) is 0 Å². The number of nitrogens with two attached hydrogens (primary N) is 2. The van der Waals surface area contributed by atoms with Gasteiger partial charge in [0, 0.05) is 0 Å². The van der Waals surface area contributed by atoms with Crippen LogP contribution in [0.2, 0.25) is 0 Å². The number of fused-ring (bicyclic) bond motifs is 2. The third-order valence-corrected chi connectivity index (χ3v) is 3.35. The molecule has 2 fully saturated rings. The van der Waals surface area contributed by atoms with E-state index >= 15 is 0 Å². The summed E-state index contributed by atoms with van der Waals surface area (Å²) in [5, 5.41) is 0. The van der Waals surface area contributed by atoms with E-state index in [-0.39, 0.29) is 5.91 Å². The highest BCUT2D eigenvalue weighted by atomic mass is 16.1. The Morgan fingerprint density at radius 3 is 2.45 bits per heavy atom. The van der Waals surface area contributed by atoms with Gasteiger partial charge in [-0.25, -0.2) is 0 Å². The lowest BCUT2D eigenvalue weighted by Crippen LogP contribution is -2.55. The topological polar surface area (TPSA) is 69.1 Å². The second-order valence-corrected chi connectivity index (χ2v) is 3.98. The molecule has 0 radical (unpaired) electrons. The molecule has 0 saturated heterocycles. The third-order valence-electron chi connectivity index (χ3n) is 3.35. The van der Waals surface area contributed by atoms with E-state index in [1.165, 1.54) is 6.42 Å². The first kappa shape index (κ1) is 7.10.